The van der Waals surface area contributed by atoms with Crippen LogP contribution in [0.3, 0.4) is 0 Å². The summed E-state index contributed by atoms with van der Waals surface area (Å²) in [5.41, 5.74) is -2.96. The van der Waals surface area contributed by atoms with E-state index in [9.17, 15) is 18.0 Å². The summed E-state index contributed by atoms with van der Waals surface area (Å²) in [5, 5.41) is 0. The number of carbonyl (C=O) groups excluding carboxylic acids is 1. The number of benzene rings is 2. The molecule has 0 fully saturated rings. The van der Waals surface area contributed by atoms with E-state index in [-0.39, 0.29) is 17.7 Å². The number of hydrogen-bond acceptors (Lipinski definition) is 3. The minimum atomic E-state index is -4.78. The molecule has 0 unspecified atom stereocenters. The van der Waals surface area contributed by atoms with Crippen molar-refractivity contribution < 1.29 is 27.4 Å². The van der Waals surface area contributed by atoms with E-state index in [4.69, 9.17) is 9.47 Å². The third-order valence-corrected chi connectivity index (χ3v) is 3.47. The smallest absolute Gasteiger partial charge is 0.426 e. The fourth-order valence-electron chi connectivity index (χ4n) is 2.46. The minimum Gasteiger partial charge on any atom is -0.464 e. The zero-order chi connectivity index (χ0) is 17.6. The van der Waals surface area contributed by atoms with Crippen molar-refractivity contribution in [1.29, 1.82) is 0 Å². The first-order chi connectivity index (χ1) is 11.4. The molecule has 0 N–H and O–H groups in total. The highest BCUT2D eigenvalue weighted by Gasteiger charge is 2.59. The van der Waals surface area contributed by atoms with Crippen LogP contribution in [0.4, 0.5) is 13.2 Å². The van der Waals surface area contributed by atoms with Gasteiger partial charge in [0.15, 0.2) is 0 Å². The molecule has 6 heteroatoms. The second kappa shape index (κ2) is 7.49. The maximum Gasteiger partial charge on any atom is 0.426 e. The second-order valence-corrected chi connectivity index (χ2v) is 5.00. The highest BCUT2D eigenvalue weighted by atomic mass is 19.4. The summed E-state index contributed by atoms with van der Waals surface area (Å²) in [6.45, 7) is 0.832. The van der Waals surface area contributed by atoms with Crippen LogP contribution in [-0.4, -0.2) is 25.4 Å². The van der Waals surface area contributed by atoms with Crippen molar-refractivity contribution in [2.75, 3.05) is 13.2 Å². The van der Waals surface area contributed by atoms with Crippen LogP contribution in [0, 0.1) is 0 Å². The first-order valence-electron chi connectivity index (χ1n) is 7.39. The van der Waals surface area contributed by atoms with E-state index < -0.39 is 24.4 Å². The fraction of sp³-hybridized carbons (Fsp3) is 0.278. The first-order valence-corrected chi connectivity index (χ1v) is 7.39. The average Bonchev–Trinajstić information content (AvgIpc) is 2.56. The van der Waals surface area contributed by atoms with E-state index in [0.717, 1.165) is 0 Å². The molecule has 2 rings (SSSR count). The number of hydrogen-bond donors (Lipinski definition) is 0. The Labute approximate surface area is 138 Å². The molecular formula is C18H17F3O3. The number of esters is 1. The SMILES string of the molecule is CCOC(=O)COC(c1ccccc1)(c1ccccc1)C(F)(F)F. The van der Waals surface area contributed by atoms with Crippen LogP contribution in [-0.2, 0) is 19.9 Å². The largest absolute Gasteiger partial charge is 0.464 e. The Morgan fingerprint density at radius 3 is 1.75 bits per heavy atom. The number of alkyl halides is 3. The Bertz CT molecular complexity index is 615. The van der Waals surface area contributed by atoms with Gasteiger partial charge in [0, 0.05) is 0 Å². The molecular weight excluding hydrogens is 321 g/mol. The zero-order valence-corrected chi connectivity index (χ0v) is 13.0. The van der Waals surface area contributed by atoms with Gasteiger partial charge < -0.3 is 9.47 Å². The van der Waals surface area contributed by atoms with Gasteiger partial charge in [-0.1, -0.05) is 60.7 Å². The van der Waals surface area contributed by atoms with E-state index in [1.54, 1.807) is 19.1 Å². The summed E-state index contributed by atoms with van der Waals surface area (Å²) >= 11 is 0. The lowest BCUT2D eigenvalue weighted by Gasteiger charge is -2.36. The van der Waals surface area contributed by atoms with Gasteiger partial charge in [-0.25, -0.2) is 4.79 Å². The number of carbonyl (C=O) groups is 1. The molecule has 0 aliphatic heterocycles. The third-order valence-electron chi connectivity index (χ3n) is 3.47. The fourth-order valence-corrected chi connectivity index (χ4v) is 2.46. The van der Waals surface area contributed by atoms with Crippen molar-refractivity contribution in [3.8, 4) is 0 Å². The van der Waals surface area contributed by atoms with Gasteiger partial charge in [-0.05, 0) is 18.1 Å². The van der Waals surface area contributed by atoms with Crippen LogP contribution >= 0.6 is 0 Å². The van der Waals surface area contributed by atoms with Gasteiger partial charge in [-0.15, -0.1) is 0 Å². The highest BCUT2D eigenvalue weighted by molar-refractivity contribution is 5.70. The lowest BCUT2D eigenvalue weighted by atomic mass is 9.85. The third kappa shape index (κ3) is 3.59. The maximum absolute atomic E-state index is 14.1. The molecule has 24 heavy (non-hydrogen) atoms. The molecule has 3 nitrogen and oxygen atoms in total. The molecule has 2 aromatic rings. The van der Waals surface area contributed by atoms with E-state index in [1.807, 2.05) is 0 Å². The Kier molecular flexibility index (Phi) is 5.62. The molecule has 0 aliphatic carbocycles. The van der Waals surface area contributed by atoms with E-state index in [0.29, 0.717) is 0 Å². The Balaban J connectivity index is 2.55. The molecule has 128 valence electrons. The summed E-state index contributed by atoms with van der Waals surface area (Å²) in [5.74, 6) is -0.849. The summed E-state index contributed by atoms with van der Waals surface area (Å²) in [6.07, 6.45) is -4.78. The van der Waals surface area contributed by atoms with E-state index >= 15 is 0 Å². The lowest BCUT2D eigenvalue weighted by molar-refractivity contribution is -0.266. The molecule has 0 heterocycles. The maximum atomic E-state index is 14.1. The van der Waals surface area contributed by atoms with Crippen LogP contribution < -0.4 is 0 Å². The van der Waals surface area contributed by atoms with Crippen molar-refractivity contribution in [2.45, 2.75) is 18.7 Å². The topological polar surface area (TPSA) is 35.5 Å². The summed E-state index contributed by atoms with van der Waals surface area (Å²) < 4.78 is 52.2. The molecule has 0 aliphatic rings. The molecule has 2 aromatic carbocycles. The van der Waals surface area contributed by atoms with Crippen LogP contribution in [0.2, 0.25) is 0 Å². The highest BCUT2D eigenvalue weighted by Crippen LogP contribution is 2.47. The number of ether oxygens (including phenoxy) is 2. The molecule has 0 aromatic heterocycles. The zero-order valence-electron chi connectivity index (χ0n) is 13.0. The van der Waals surface area contributed by atoms with Crippen molar-refractivity contribution >= 4 is 5.97 Å². The standard InChI is InChI=1S/C18H17F3O3/c1-2-23-16(22)13-24-17(18(19,20)21,14-9-5-3-6-10-14)15-11-7-4-8-12-15/h3-12H,2,13H2,1H3. The van der Waals surface area contributed by atoms with Gasteiger partial charge in [0.1, 0.15) is 6.61 Å². The summed E-state index contributed by atoms with van der Waals surface area (Å²) in [7, 11) is 0. The Hall–Kier alpha value is -2.34. The van der Waals surface area contributed by atoms with Gasteiger partial charge in [-0.2, -0.15) is 13.2 Å². The van der Waals surface area contributed by atoms with Crippen molar-refractivity contribution in [1.82, 2.24) is 0 Å². The van der Waals surface area contributed by atoms with Gasteiger partial charge in [-0.3, -0.25) is 0 Å². The average molecular weight is 338 g/mol. The van der Waals surface area contributed by atoms with Crippen molar-refractivity contribution in [2.24, 2.45) is 0 Å². The monoisotopic (exact) mass is 338 g/mol. The molecule has 0 saturated heterocycles. The predicted octanol–water partition coefficient (Wildman–Crippen LogP) is 4.07. The van der Waals surface area contributed by atoms with Crippen LogP contribution in [0.15, 0.2) is 60.7 Å². The first kappa shape index (κ1) is 18.0. The normalized spacial score (nSPS) is 12.0. The Morgan fingerprint density at radius 2 is 1.38 bits per heavy atom. The van der Waals surface area contributed by atoms with Crippen molar-refractivity contribution in [3.05, 3.63) is 71.8 Å². The summed E-state index contributed by atoms with van der Waals surface area (Å²) in [4.78, 5) is 11.6. The van der Waals surface area contributed by atoms with Crippen molar-refractivity contribution in [3.63, 3.8) is 0 Å². The van der Waals surface area contributed by atoms with Crippen LogP contribution in [0.25, 0.3) is 0 Å². The van der Waals surface area contributed by atoms with E-state index in [2.05, 4.69) is 0 Å². The summed E-state index contributed by atoms with van der Waals surface area (Å²) in [6, 6.07) is 14.5. The quantitative estimate of drug-likeness (QED) is 0.745. The van der Waals surface area contributed by atoms with Gasteiger partial charge in [0.05, 0.1) is 6.61 Å². The number of rotatable bonds is 6. The lowest BCUT2D eigenvalue weighted by Crippen LogP contribution is -2.47. The van der Waals surface area contributed by atoms with Crippen LogP contribution in [0.1, 0.15) is 18.1 Å². The molecule has 0 atom stereocenters. The van der Waals surface area contributed by atoms with Crippen LogP contribution in [0.5, 0.6) is 0 Å². The van der Waals surface area contributed by atoms with E-state index in [1.165, 1.54) is 48.5 Å². The Morgan fingerprint density at radius 1 is 0.917 bits per heavy atom. The molecule has 0 bridgehead atoms. The van der Waals surface area contributed by atoms with Gasteiger partial charge in [0.25, 0.3) is 0 Å². The molecule has 0 spiro atoms. The predicted molar refractivity (Wildman–Crippen MR) is 82.3 cm³/mol. The van der Waals surface area contributed by atoms with Gasteiger partial charge in [0.2, 0.25) is 5.60 Å². The molecule has 0 radical (unpaired) electrons. The molecule has 0 amide bonds. The van der Waals surface area contributed by atoms with Gasteiger partial charge >= 0.3 is 12.1 Å². The molecule has 0 saturated carbocycles. The number of halogens is 3. The second-order valence-electron chi connectivity index (χ2n) is 5.00. The minimum absolute atomic E-state index is 0.0673.